The largest absolute Gasteiger partial charge is 0.507 e. The second-order valence-electron chi connectivity index (χ2n) is 22.6. The number of aromatic hydroxyl groups is 7. The summed E-state index contributed by atoms with van der Waals surface area (Å²) < 4.78 is 297. The zero-order valence-electron chi connectivity index (χ0n) is 49.9. The summed E-state index contributed by atoms with van der Waals surface area (Å²) in [5.74, 6) is -10.2. The molecular formula is C58H50O34S8. The number of rotatable bonds is 11. The van der Waals surface area contributed by atoms with E-state index >= 15 is 0 Å². The molecule has 0 saturated heterocycles. The van der Waals surface area contributed by atoms with Gasteiger partial charge in [0.2, 0.25) is 0 Å². The van der Waals surface area contributed by atoms with Crippen LogP contribution in [-0.2, 0) is 137 Å². The van der Waals surface area contributed by atoms with Crippen LogP contribution in [0.5, 0.6) is 46.0 Å². The molecule has 0 amide bonds. The van der Waals surface area contributed by atoms with Gasteiger partial charge in [0.05, 0.1) is 39.2 Å². The van der Waals surface area contributed by atoms with Crippen LogP contribution in [0.4, 0.5) is 0 Å². The summed E-state index contributed by atoms with van der Waals surface area (Å²) in [6.07, 6.45) is -8.81. The Morgan fingerprint density at radius 2 is 0.350 bits per heavy atom. The van der Waals surface area contributed by atoms with Crippen LogP contribution in [0.15, 0.2) is 136 Å². The van der Waals surface area contributed by atoms with Crippen molar-refractivity contribution in [1.82, 2.24) is 0 Å². The topological polar surface area (TPSA) is 623 Å². The molecule has 16 bridgehead atoms. The van der Waals surface area contributed by atoms with Gasteiger partial charge in [-0.1, -0.05) is 0 Å². The monoisotopic (exact) mass is 1550 g/mol. The highest BCUT2D eigenvalue weighted by atomic mass is 32.2. The maximum atomic E-state index is 13.1. The first-order valence-corrected chi connectivity index (χ1v) is 39.0. The molecule has 100 heavy (non-hydrogen) atoms. The summed E-state index contributed by atoms with van der Waals surface area (Å²) in [6, 6.07) is 8.69. The molecule has 8 aromatic rings. The first-order valence-electron chi connectivity index (χ1n) is 27.5. The minimum absolute atomic E-state index is 0.533. The molecule has 42 heteroatoms. The molecule has 534 valence electrons. The summed E-state index contributed by atoms with van der Waals surface area (Å²) in [5.41, 5.74) is -11.5. The Morgan fingerprint density at radius 3 is 0.460 bits per heavy atom. The predicted octanol–water partition coefficient (Wildman–Crippen LogP) is 4.10. The number of ether oxygens (including phenoxy) is 1. The van der Waals surface area contributed by atoms with Crippen molar-refractivity contribution in [2.24, 2.45) is 0 Å². The fraction of sp³-hybridized carbons (Fsp3) is 0.155. The average molecular weight is 1550 g/mol. The first kappa shape index (κ1) is 75.1. The molecule has 1 aliphatic rings. The van der Waals surface area contributed by atoms with E-state index in [1.165, 1.54) is 0 Å². The number of benzene rings is 8. The summed E-state index contributed by atoms with van der Waals surface area (Å²) in [4.78, 5) is 3.01. The number of fused-ring (bicyclic) bond motifs is 16. The highest BCUT2D eigenvalue weighted by Crippen LogP contribution is 2.44. The zero-order valence-corrected chi connectivity index (χ0v) is 56.4. The van der Waals surface area contributed by atoms with E-state index < -0.39 is 319 Å². The molecule has 0 radical (unpaired) electrons. The third-order valence-corrected chi connectivity index (χ3v) is 22.3. The first-order chi connectivity index (χ1) is 45.8. The van der Waals surface area contributed by atoms with Crippen molar-refractivity contribution in [3.8, 4) is 46.0 Å². The lowest BCUT2D eigenvalue weighted by atomic mass is 9.91. The van der Waals surface area contributed by atoms with Crippen molar-refractivity contribution >= 4 is 86.9 Å². The second-order valence-corrected chi connectivity index (χ2v) is 34.0. The number of carboxylic acids is 1. The van der Waals surface area contributed by atoms with Crippen LogP contribution in [-0.4, -0.2) is 157 Å². The van der Waals surface area contributed by atoms with Gasteiger partial charge in [-0.3, -0.25) is 36.4 Å². The Labute approximate surface area is 566 Å². The van der Waals surface area contributed by atoms with Gasteiger partial charge >= 0.3 is 5.97 Å². The van der Waals surface area contributed by atoms with Crippen LogP contribution in [0.2, 0.25) is 0 Å². The maximum Gasteiger partial charge on any atom is 0.341 e. The number of phenolic OH excluding ortho intramolecular Hbond substituents is 7. The third-order valence-electron chi connectivity index (χ3n) is 15.7. The summed E-state index contributed by atoms with van der Waals surface area (Å²) >= 11 is 0. The smallest absolute Gasteiger partial charge is 0.341 e. The van der Waals surface area contributed by atoms with Crippen LogP contribution in [0.25, 0.3) is 0 Å². The van der Waals surface area contributed by atoms with Gasteiger partial charge in [0.15, 0.2) is 6.61 Å². The Hall–Kier alpha value is -9.09. The Bertz CT molecular complexity index is 5520. The fourth-order valence-corrected chi connectivity index (χ4v) is 15.8. The van der Waals surface area contributed by atoms with E-state index in [2.05, 4.69) is 0 Å². The van der Waals surface area contributed by atoms with Crippen LogP contribution < -0.4 is 4.74 Å². The van der Waals surface area contributed by atoms with Crippen molar-refractivity contribution < 1.29 is 154 Å². The second kappa shape index (κ2) is 26.5. The predicted molar refractivity (Wildman–Crippen MR) is 337 cm³/mol. The molecule has 0 spiro atoms. The number of carbonyl (C=O) groups is 1. The van der Waals surface area contributed by atoms with Gasteiger partial charge in [-0.05, 0) is 97.1 Å². The molecule has 0 atom stereocenters. The van der Waals surface area contributed by atoms with Crippen LogP contribution in [0.1, 0.15) is 89.0 Å². The number of hydrogen-bond acceptors (Lipinski definition) is 25. The average Bonchev–Trinajstić information content (AvgIpc) is 0.778. The molecule has 0 heterocycles. The Morgan fingerprint density at radius 1 is 0.240 bits per heavy atom. The number of phenols is 7. The van der Waals surface area contributed by atoms with Crippen LogP contribution >= 0.6 is 0 Å². The highest BCUT2D eigenvalue weighted by Gasteiger charge is 2.31. The molecule has 0 aromatic heterocycles. The van der Waals surface area contributed by atoms with Gasteiger partial charge in [-0.25, -0.2) is 4.79 Å². The molecule has 0 saturated carbocycles. The van der Waals surface area contributed by atoms with E-state index in [9.17, 15) is 149 Å². The lowest BCUT2D eigenvalue weighted by molar-refractivity contribution is -0.139. The van der Waals surface area contributed by atoms with E-state index in [0.29, 0.717) is 97.1 Å². The summed E-state index contributed by atoms with van der Waals surface area (Å²) in [5, 5.41) is 93.7. The zero-order chi connectivity index (χ0) is 74.4. The van der Waals surface area contributed by atoms with Gasteiger partial charge in [-0.15, -0.1) is 0 Å². The van der Waals surface area contributed by atoms with Crippen molar-refractivity contribution in [1.29, 1.82) is 0 Å². The van der Waals surface area contributed by atoms with Crippen molar-refractivity contribution in [2.45, 2.75) is 90.5 Å². The molecular weight excluding hydrogens is 1500 g/mol. The molecule has 0 aliphatic heterocycles. The molecule has 8 aromatic carbocycles. The van der Waals surface area contributed by atoms with E-state index in [1.807, 2.05) is 0 Å². The van der Waals surface area contributed by atoms with Crippen molar-refractivity contribution in [3.63, 3.8) is 0 Å². The van der Waals surface area contributed by atoms with Crippen LogP contribution in [0.3, 0.4) is 0 Å². The van der Waals surface area contributed by atoms with E-state index in [0.717, 1.165) is 0 Å². The summed E-state index contributed by atoms with van der Waals surface area (Å²) in [6.45, 7) is -1.39. The number of hydrogen-bond donors (Lipinski definition) is 16. The van der Waals surface area contributed by atoms with Crippen molar-refractivity contribution in [3.05, 3.63) is 186 Å². The highest BCUT2D eigenvalue weighted by molar-refractivity contribution is 7.87. The Kier molecular flexibility index (Phi) is 19.9. The minimum Gasteiger partial charge on any atom is -0.507 e. The summed E-state index contributed by atoms with van der Waals surface area (Å²) in [7, 11) is -43.8. The molecule has 34 nitrogen and oxygen atoms in total. The lowest BCUT2D eigenvalue weighted by Gasteiger charge is -2.20. The standard InChI is InChI=1S/C58H50O34S8/c59-50(60)25-92-58-40-7-38-21-47(98(83,84)85)19-36(56(38)66)5-34-17-45(96(77,78)79)15-32(54(34)64)3-30-13-43(94(71,72)73)11-28(52(30)62)1-26-9-42(93(68,69)70)10-27(51(26)61)2-29-12-44(95(74,75)76)14-31(53(29)63)4-33-16-46(97(80,81)82)18-35(55(33)65)6-37-20-48(99(86,87)88)22-39(57(37)67)8-41(58)24-49(23-40)100(89,90)91/h9-24,61-67H,1-8,25H2,(H,59,60)(H,68,69,70)(H,71,72,73)(H,74,75,76)(H,77,78,79)(H,80,81,82)(H,83,84,85)(H,86,87,88)(H,89,90,91). The van der Waals surface area contributed by atoms with Crippen molar-refractivity contribution in [2.75, 3.05) is 6.61 Å². The van der Waals surface area contributed by atoms with Crippen LogP contribution in [0, 0.1) is 0 Å². The van der Waals surface area contributed by atoms with Gasteiger partial charge in [-0.2, -0.15) is 67.3 Å². The quantitative estimate of drug-likeness (QED) is 0.0810. The molecule has 9 rings (SSSR count). The molecule has 0 fully saturated rings. The van der Waals surface area contributed by atoms with Gasteiger partial charge in [0.25, 0.3) is 80.9 Å². The fourth-order valence-electron chi connectivity index (χ4n) is 11.1. The van der Waals surface area contributed by atoms with E-state index in [-0.39, 0.29) is 0 Å². The molecule has 16 N–H and O–H groups in total. The van der Waals surface area contributed by atoms with Gasteiger partial charge in [0, 0.05) is 140 Å². The number of aliphatic carboxylic acids is 1. The maximum absolute atomic E-state index is 13.1. The number of carboxylic acid groups (broad SMARTS) is 1. The van der Waals surface area contributed by atoms with Gasteiger partial charge < -0.3 is 45.6 Å². The van der Waals surface area contributed by atoms with E-state index in [4.69, 9.17) is 4.74 Å². The normalized spacial score (nSPS) is 13.9. The SMILES string of the molecule is O=C(O)COc1c2cc(S(=O)(=O)O)cc1Cc1cc(S(=O)(=O)O)cc(c1O)Cc1cc(S(=O)(=O)O)cc(c1O)Cc1cc(S(=O)(=O)O)cc(c1O)Cc1cc(S(=O)(=O)O)cc(c1O)Cc1cc(S(=O)(=O)O)cc(c1O)Cc1cc(S(=O)(=O)O)cc(c1O)Cc1cc(S(=O)(=O)O)cc(c1O)C2. The van der Waals surface area contributed by atoms with Gasteiger partial charge in [0.1, 0.15) is 46.0 Å². The third kappa shape index (κ3) is 16.5. The van der Waals surface area contributed by atoms with E-state index in [1.54, 1.807) is 0 Å². The lowest BCUT2D eigenvalue weighted by Crippen LogP contribution is -2.14. The Balaban J connectivity index is 1.39. The molecule has 1 aliphatic carbocycles. The molecule has 0 unspecified atom stereocenters. The minimum atomic E-state index is -5.52.